The Kier molecular flexibility index (Phi) is 4.71. The monoisotopic (exact) mass is 325 g/mol. The number of rotatable bonds is 5. The molecule has 1 aliphatic heterocycles. The minimum Gasteiger partial charge on any atom is -0.292 e. The molecule has 0 amide bonds. The molecule has 2 aromatic rings. The molecule has 2 nitrogen and oxygen atoms in total. The van der Waals surface area contributed by atoms with E-state index < -0.39 is 9.45 Å². The normalized spacial score (nSPS) is 16.8. The number of carbonyl (C=O) groups is 1. The van der Waals surface area contributed by atoms with Crippen molar-refractivity contribution >= 4 is 31.5 Å². The molecule has 0 bridgehead atoms. The summed E-state index contributed by atoms with van der Waals surface area (Å²) in [6, 6.07) is 20.2. The molecule has 1 aliphatic rings. The Bertz CT molecular complexity index is 712. The van der Waals surface area contributed by atoms with Gasteiger partial charge in [-0.15, -0.1) is 0 Å². The molecular weight excluding hydrogens is 310 g/mol. The Labute approximate surface area is 137 Å². The molecule has 0 N–H and O–H groups in total. The molecule has 1 unspecified atom stereocenters. The van der Waals surface area contributed by atoms with E-state index in [4.69, 9.17) is 11.2 Å². The van der Waals surface area contributed by atoms with Gasteiger partial charge < -0.3 is 0 Å². The molecule has 0 spiro atoms. The molecule has 110 valence electrons. The maximum absolute atomic E-state index is 12.6. The van der Waals surface area contributed by atoms with Gasteiger partial charge in [-0.25, -0.2) is 4.99 Å². The summed E-state index contributed by atoms with van der Waals surface area (Å²) in [5, 5.41) is 2.33. The van der Waals surface area contributed by atoms with E-state index in [2.05, 4.69) is 29.3 Å². The van der Waals surface area contributed by atoms with E-state index in [1.807, 2.05) is 41.8 Å². The first-order chi connectivity index (χ1) is 10.8. The van der Waals surface area contributed by atoms with Crippen LogP contribution in [0.1, 0.15) is 23.5 Å². The zero-order valence-electron chi connectivity index (χ0n) is 11.9. The first kappa shape index (κ1) is 15.0. The van der Waals surface area contributed by atoms with Crippen LogP contribution in [0.25, 0.3) is 0 Å². The fraction of sp³-hybridized carbons (Fsp3) is 0.111. The molecule has 22 heavy (non-hydrogen) atoms. The lowest BCUT2D eigenvalue weighted by Gasteiger charge is -2.17. The van der Waals surface area contributed by atoms with Crippen LogP contribution in [-0.4, -0.2) is 10.8 Å². The smallest absolute Gasteiger partial charge is 0.189 e. The number of ketones is 1. The number of nitrogens with zero attached hydrogens (tertiary/aromatic N) is 1. The molecule has 3 rings (SSSR count). The van der Waals surface area contributed by atoms with Crippen LogP contribution in [0.5, 0.6) is 0 Å². The second-order valence-electron chi connectivity index (χ2n) is 5.02. The van der Waals surface area contributed by atoms with Gasteiger partial charge in [0.15, 0.2) is 5.78 Å². The summed E-state index contributed by atoms with van der Waals surface area (Å²) >= 11 is 5.28. The molecule has 0 aromatic heterocycles. The number of benzene rings is 2. The van der Waals surface area contributed by atoms with Gasteiger partial charge in [0, 0.05) is 23.9 Å². The summed E-state index contributed by atoms with van der Waals surface area (Å²) in [4.78, 5) is 16.7. The van der Waals surface area contributed by atoms with Crippen molar-refractivity contribution in [1.82, 2.24) is 0 Å². The lowest BCUT2D eigenvalue weighted by atomic mass is 9.87. The van der Waals surface area contributed by atoms with Crippen LogP contribution >= 0.6 is 0 Å². The first-order valence-corrected chi connectivity index (χ1v) is 9.25. The Morgan fingerprint density at radius 2 is 1.55 bits per heavy atom. The van der Waals surface area contributed by atoms with Gasteiger partial charge in [0.2, 0.25) is 0 Å². The van der Waals surface area contributed by atoms with Crippen LogP contribution in [0.4, 0.5) is 0 Å². The van der Waals surface area contributed by atoms with Crippen molar-refractivity contribution in [1.29, 1.82) is 0 Å². The zero-order valence-corrected chi connectivity index (χ0v) is 13.5. The second-order valence-corrected chi connectivity index (χ2v) is 7.35. The lowest BCUT2D eigenvalue weighted by molar-refractivity contribution is -0.112. The van der Waals surface area contributed by atoms with Crippen molar-refractivity contribution in [3.05, 3.63) is 83.4 Å². The fourth-order valence-electron chi connectivity index (χ4n) is 2.53. The van der Waals surface area contributed by atoms with Gasteiger partial charge in [0.25, 0.3) is 0 Å². The van der Waals surface area contributed by atoms with Crippen LogP contribution in [-0.2, 0) is 25.4 Å². The van der Waals surface area contributed by atoms with Gasteiger partial charge in [0.05, 0.1) is 0 Å². The first-order valence-electron chi connectivity index (χ1n) is 7.04. The van der Waals surface area contributed by atoms with Crippen molar-refractivity contribution < 1.29 is 4.79 Å². The summed E-state index contributed by atoms with van der Waals surface area (Å²) < 4.78 is 0. The molecule has 1 atom stereocenters. The van der Waals surface area contributed by atoms with Gasteiger partial charge in [-0.2, -0.15) is 0 Å². The minimum absolute atomic E-state index is 0.0326. The maximum Gasteiger partial charge on any atom is 0.189 e. The summed E-state index contributed by atoms with van der Waals surface area (Å²) in [6.45, 7) is 0. The van der Waals surface area contributed by atoms with E-state index in [0.29, 0.717) is 11.5 Å². The Morgan fingerprint density at radius 3 is 2.00 bits per heavy atom. The van der Waals surface area contributed by atoms with E-state index in [9.17, 15) is 4.79 Å². The number of Topliss-reactive ketones (excluding diaryl/α,β-unsaturated/α-hetero) is 1. The SMILES string of the molecule is O=C(CC(c1ccccc1)c1ccccc1)C1=NC=CS1=S. The van der Waals surface area contributed by atoms with E-state index >= 15 is 0 Å². The quantitative estimate of drug-likeness (QED) is 0.838. The molecule has 2 aromatic carbocycles. The van der Waals surface area contributed by atoms with Gasteiger partial charge >= 0.3 is 0 Å². The Morgan fingerprint density at radius 1 is 1.00 bits per heavy atom. The molecule has 0 saturated heterocycles. The maximum atomic E-state index is 12.6. The van der Waals surface area contributed by atoms with E-state index in [1.54, 1.807) is 6.20 Å². The highest BCUT2D eigenvalue weighted by Gasteiger charge is 2.23. The van der Waals surface area contributed by atoms with Crippen LogP contribution < -0.4 is 0 Å². The zero-order chi connectivity index (χ0) is 15.4. The van der Waals surface area contributed by atoms with Gasteiger partial charge in [-0.3, -0.25) is 4.79 Å². The molecular formula is C18H15NOS2. The van der Waals surface area contributed by atoms with E-state index in [1.165, 1.54) is 0 Å². The van der Waals surface area contributed by atoms with Crippen molar-refractivity contribution in [3.63, 3.8) is 0 Å². The Hall–Kier alpha value is -1.91. The van der Waals surface area contributed by atoms with Crippen molar-refractivity contribution in [2.75, 3.05) is 0 Å². The number of carbonyl (C=O) groups excluding carboxylic acids is 1. The lowest BCUT2D eigenvalue weighted by Crippen LogP contribution is -2.19. The highest BCUT2D eigenvalue weighted by molar-refractivity contribution is 8.40. The minimum atomic E-state index is -0.567. The van der Waals surface area contributed by atoms with Crippen LogP contribution in [0, 0.1) is 0 Å². The van der Waals surface area contributed by atoms with Crippen LogP contribution in [0.3, 0.4) is 0 Å². The van der Waals surface area contributed by atoms with Crippen molar-refractivity contribution in [3.8, 4) is 0 Å². The third-order valence-electron chi connectivity index (χ3n) is 3.60. The molecule has 0 saturated carbocycles. The van der Waals surface area contributed by atoms with Crippen molar-refractivity contribution in [2.45, 2.75) is 12.3 Å². The average Bonchev–Trinajstić information content (AvgIpc) is 3.00. The van der Waals surface area contributed by atoms with E-state index in [-0.39, 0.29) is 11.7 Å². The number of hydrogen-bond acceptors (Lipinski definition) is 3. The van der Waals surface area contributed by atoms with Crippen LogP contribution in [0.15, 0.2) is 77.3 Å². The highest BCUT2D eigenvalue weighted by atomic mass is 32.8. The third kappa shape index (κ3) is 3.29. The summed E-state index contributed by atoms with van der Waals surface area (Å²) in [6.07, 6.45) is 2.04. The third-order valence-corrected chi connectivity index (χ3v) is 5.49. The number of hydrogen-bond donors (Lipinski definition) is 0. The largest absolute Gasteiger partial charge is 0.292 e. The molecule has 0 aliphatic carbocycles. The summed E-state index contributed by atoms with van der Waals surface area (Å²) in [5.41, 5.74) is 2.27. The topological polar surface area (TPSA) is 29.4 Å². The standard InChI is InChI=1S/C18H15NOS2/c20-17(18-19-11-12-22(18)21)13-16(14-7-3-1-4-8-14)15-9-5-2-6-10-15/h1-12,16H,13H2. The fourth-order valence-corrected chi connectivity index (χ4v) is 3.86. The predicted octanol–water partition coefficient (Wildman–Crippen LogP) is 3.74. The van der Waals surface area contributed by atoms with Gasteiger partial charge in [-0.1, -0.05) is 60.7 Å². The molecule has 0 fully saturated rings. The molecule has 1 heterocycles. The average molecular weight is 325 g/mol. The summed E-state index contributed by atoms with van der Waals surface area (Å²) in [5.74, 6) is 0.0752. The number of aliphatic imine (C=N–C) groups is 1. The van der Waals surface area contributed by atoms with E-state index in [0.717, 1.165) is 11.1 Å². The van der Waals surface area contributed by atoms with Gasteiger partial charge in [0.1, 0.15) is 5.04 Å². The van der Waals surface area contributed by atoms with Gasteiger partial charge in [-0.05, 0) is 31.8 Å². The molecule has 0 radical (unpaired) electrons. The second kappa shape index (κ2) is 6.90. The van der Waals surface area contributed by atoms with Crippen LogP contribution in [0.2, 0.25) is 0 Å². The molecule has 4 heteroatoms. The predicted molar refractivity (Wildman–Crippen MR) is 95.7 cm³/mol. The van der Waals surface area contributed by atoms with Crippen molar-refractivity contribution in [2.24, 2.45) is 4.99 Å². The Balaban J connectivity index is 1.90. The summed E-state index contributed by atoms with van der Waals surface area (Å²) in [7, 11) is -0.567. The highest BCUT2D eigenvalue weighted by Crippen LogP contribution is 2.28.